The minimum Gasteiger partial charge on any atom is -0.462 e. The van der Waals surface area contributed by atoms with Crippen LogP contribution in [-0.2, 0) is 9.53 Å². The number of nitrogens with two attached hydrogens (primary N) is 1. The monoisotopic (exact) mass is 301 g/mol. The van der Waals surface area contributed by atoms with Crippen molar-refractivity contribution in [3.8, 4) is 0 Å². The van der Waals surface area contributed by atoms with Crippen LogP contribution in [0.4, 0.5) is 5.69 Å². The van der Waals surface area contributed by atoms with E-state index in [1.54, 1.807) is 18.9 Å². The van der Waals surface area contributed by atoms with Crippen LogP contribution >= 0.6 is 0 Å². The molecule has 0 atom stereocenters. The van der Waals surface area contributed by atoms with Crippen LogP contribution in [0.3, 0.4) is 0 Å². The Kier molecular flexibility index (Phi) is 4.60. The van der Waals surface area contributed by atoms with Gasteiger partial charge in [-0.1, -0.05) is 11.6 Å². The maximum absolute atomic E-state index is 12.2. The van der Waals surface area contributed by atoms with Gasteiger partial charge in [-0.25, -0.2) is 4.79 Å². The molecule has 22 heavy (non-hydrogen) atoms. The van der Waals surface area contributed by atoms with Crippen LogP contribution < -0.4 is 10.6 Å². The second kappa shape index (κ2) is 6.43. The standard InChI is InChI=1S/C16H19N3O3/c1-4-22-16(21)12-8-18-13-6-5-10(2)7-11(13)15(12)19(3)9-14(17)20/h5-8H,4,9H2,1-3H3,(H2,17,20). The van der Waals surface area contributed by atoms with Gasteiger partial charge in [0.05, 0.1) is 24.4 Å². The lowest BCUT2D eigenvalue weighted by molar-refractivity contribution is -0.116. The Labute approximate surface area is 128 Å². The lowest BCUT2D eigenvalue weighted by Gasteiger charge is -2.22. The van der Waals surface area contributed by atoms with E-state index in [4.69, 9.17) is 10.5 Å². The van der Waals surface area contributed by atoms with Gasteiger partial charge in [0.2, 0.25) is 5.91 Å². The Morgan fingerprint density at radius 2 is 2.09 bits per heavy atom. The van der Waals surface area contributed by atoms with E-state index in [0.29, 0.717) is 11.3 Å². The molecule has 0 aliphatic rings. The highest BCUT2D eigenvalue weighted by molar-refractivity contribution is 6.06. The number of hydrogen-bond donors (Lipinski definition) is 1. The number of primary amides is 1. The molecule has 6 nitrogen and oxygen atoms in total. The smallest absolute Gasteiger partial charge is 0.341 e. The van der Waals surface area contributed by atoms with Crippen molar-refractivity contribution in [2.45, 2.75) is 13.8 Å². The third-order valence-electron chi connectivity index (χ3n) is 3.27. The maximum atomic E-state index is 12.2. The molecule has 0 spiro atoms. The van der Waals surface area contributed by atoms with Crippen LogP contribution in [0.1, 0.15) is 22.8 Å². The molecule has 2 rings (SSSR count). The van der Waals surface area contributed by atoms with Crippen molar-refractivity contribution in [1.29, 1.82) is 0 Å². The van der Waals surface area contributed by atoms with Crippen LogP contribution in [0, 0.1) is 6.92 Å². The number of carbonyl (C=O) groups excluding carboxylic acids is 2. The molecule has 6 heteroatoms. The molecule has 1 aromatic heterocycles. The van der Waals surface area contributed by atoms with E-state index in [9.17, 15) is 9.59 Å². The fraction of sp³-hybridized carbons (Fsp3) is 0.312. The second-order valence-corrected chi connectivity index (χ2v) is 5.08. The number of likely N-dealkylation sites (N-methyl/N-ethyl adjacent to an activating group) is 1. The van der Waals surface area contributed by atoms with Crippen LogP contribution in [0.5, 0.6) is 0 Å². The van der Waals surface area contributed by atoms with Gasteiger partial charge in [-0.3, -0.25) is 9.78 Å². The van der Waals surface area contributed by atoms with E-state index in [1.807, 2.05) is 25.1 Å². The number of aromatic nitrogens is 1. The van der Waals surface area contributed by atoms with Gasteiger partial charge in [0, 0.05) is 18.6 Å². The van der Waals surface area contributed by atoms with Crippen LogP contribution in [0.15, 0.2) is 24.4 Å². The molecule has 1 amide bonds. The van der Waals surface area contributed by atoms with Crippen molar-refractivity contribution in [1.82, 2.24) is 4.98 Å². The molecule has 0 unspecified atom stereocenters. The summed E-state index contributed by atoms with van der Waals surface area (Å²) in [5.74, 6) is -0.945. The van der Waals surface area contributed by atoms with E-state index in [-0.39, 0.29) is 13.2 Å². The second-order valence-electron chi connectivity index (χ2n) is 5.08. The largest absolute Gasteiger partial charge is 0.462 e. The summed E-state index contributed by atoms with van der Waals surface area (Å²) in [4.78, 5) is 29.4. The third kappa shape index (κ3) is 3.16. The van der Waals surface area contributed by atoms with Gasteiger partial charge in [0.15, 0.2) is 0 Å². The molecular formula is C16H19N3O3. The normalized spacial score (nSPS) is 10.5. The summed E-state index contributed by atoms with van der Waals surface area (Å²) in [6.07, 6.45) is 1.47. The molecule has 2 N–H and O–H groups in total. The highest BCUT2D eigenvalue weighted by Crippen LogP contribution is 2.30. The number of hydrogen-bond acceptors (Lipinski definition) is 5. The van der Waals surface area contributed by atoms with E-state index in [2.05, 4.69) is 4.98 Å². The van der Waals surface area contributed by atoms with Crippen LogP contribution in [0.2, 0.25) is 0 Å². The molecule has 0 fully saturated rings. The first-order valence-corrected chi connectivity index (χ1v) is 7.00. The highest BCUT2D eigenvalue weighted by atomic mass is 16.5. The van der Waals surface area contributed by atoms with Crippen molar-refractivity contribution in [3.05, 3.63) is 35.5 Å². The SMILES string of the molecule is CCOC(=O)c1cnc2ccc(C)cc2c1N(C)CC(N)=O. The fourth-order valence-electron chi connectivity index (χ4n) is 2.37. The average molecular weight is 301 g/mol. The Balaban J connectivity index is 2.68. The minimum atomic E-state index is -0.477. The third-order valence-corrected chi connectivity index (χ3v) is 3.27. The van der Waals surface area contributed by atoms with E-state index < -0.39 is 11.9 Å². The summed E-state index contributed by atoms with van der Waals surface area (Å²) in [7, 11) is 1.71. The summed E-state index contributed by atoms with van der Waals surface area (Å²) in [6.45, 7) is 3.96. The predicted octanol–water partition coefficient (Wildman–Crippen LogP) is 1.64. The number of ether oxygens (including phenoxy) is 1. The Bertz CT molecular complexity index is 728. The Hall–Kier alpha value is -2.63. The highest BCUT2D eigenvalue weighted by Gasteiger charge is 2.20. The first kappa shape index (κ1) is 15.8. The number of nitrogens with zero attached hydrogens (tertiary/aromatic N) is 2. The number of aryl methyl sites for hydroxylation is 1. The van der Waals surface area contributed by atoms with Crippen molar-refractivity contribution in [3.63, 3.8) is 0 Å². The number of fused-ring (bicyclic) bond motifs is 1. The first-order chi connectivity index (χ1) is 10.4. The number of benzene rings is 1. The lowest BCUT2D eigenvalue weighted by Crippen LogP contribution is -2.32. The van der Waals surface area contributed by atoms with Crippen LogP contribution in [-0.4, -0.2) is 37.1 Å². The number of anilines is 1. The summed E-state index contributed by atoms with van der Waals surface area (Å²) in [5, 5.41) is 0.786. The number of esters is 1. The Morgan fingerprint density at radius 3 is 2.73 bits per heavy atom. The molecule has 0 saturated carbocycles. The van der Waals surface area contributed by atoms with E-state index in [0.717, 1.165) is 16.5 Å². The van der Waals surface area contributed by atoms with Crippen molar-refractivity contribution >= 4 is 28.5 Å². The van der Waals surface area contributed by atoms with Gasteiger partial charge in [0.25, 0.3) is 0 Å². The van der Waals surface area contributed by atoms with Gasteiger partial charge in [0.1, 0.15) is 5.56 Å². The molecular weight excluding hydrogens is 282 g/mol. The number of amides is 1. The first-order valence-electron chi connectivity index (χ1n) is 7.00. The van der Waals surface area contributed by atoms with Gasteiger partial charge >= 0.3 is 5.97 Å². The van der Waals surface area contributed by atoms with Crippen molar-refractivity contribution < 1.29 is 14.3 Å². The minimum absolute atomic E-state index is 0.000535. The number of rotatable bonds is 5. The topological polar surface area (TPSA) is 85.5 Å². The molecule has 0 saturated heterocycles. The summed E-state index contributed by atoms with van der Waals surface area (Å²) in [5.41, 5.74) is 7.97. The van der Waals surface area contributed by atoms with Gasteiger partial charge in [-0.2, -0.15) is 0 Å². The van der Waals surface area contributed by atoms with Crippen molar-refractivity contribution in [2.24, 2.45) is 5.73 Å². The molecule has 2 aromatic rings. The molecule has 1 heterocycles. The lowest BCUT2D eigenvalue weighted by atomic mass is 10.1. The fourth-order valence-corrected chi connectivity index (χ4v) is 2.37. The molecule has 0 radical (unpaired) electrons. The van der Waals surface area contributed by atoms with E-state index in [1.165, 1.54) is 6.20 Å². The van der Waals surface area contributed by atoms with Crippen molar-refractivity contribution in [2.75, 3.05) is 25.1 Å². The number of carbonyl (C=O) groups is 2. The zero-order valence-corrected chi connectivity index (χ0v) is 12.9. The molecule has 116 valence electrons. The quantitative estimate of drug-likeness (QED) is 0.849. The van der Waals surface area contributed by atoms with E-state index >= 15 is 0 Å². The average Bonchev–Trinajstić information content (AvgIpc) is 2.45. The maximum Gasteiger partial charge on any atom is 0.341 e. The summed E-state index contributed by atoms with van der Waals surface area (Å²) >= 11 is 0. The predicted molar refractivity (Wildman–Crippen MR) is 84.9 cm³/mol. The molecule has 0 bridgehead atoms. The summed E-state index contributed by atoms with van der Waals surface area (Å²) < 4.78 is 5.08. The Morgan fingerprint density at radius 1 is 1.36 bits per heavy atom. The number of pyridine rings is 1. The molecule has 0 aliphatic heterocycles. The summed E-state index contributed by atoms with van der Waals surface area (Å²) in [6, 6.07) is 5.75. The van der Waals surface area contributed by atoms with Gasteiger partial charge in [-0.05, 0) is 26.0 Å². The zero-order valence-electron chi connectivity index (χ0n) is 12.9. The van der Waals surface area contributed by atoms with Gasteiger partial charge < -0.3 is 15.4 Å². The molecule has 1 aromatic carbocycles. The zero-order chi connectivity index (χ0) is 16.3. The molecule has 0 aliphatic carbocycles. The van der Waals surface area contributed by atoms with Gasteiger partial charge in [-0.15, -0.1) is 0 Å². The van der Waals surface area contributed by atoms with Crippen LogP contribution in [0.25, 0.3) is 10.9 Å².